The molecule has 9 rings (SSSR count). The van der Waals surface area contributed by atoms with Crippen molar-refractivity contribution in [2.24, 2.45) is 5.10 Å². The van der Waals surface area contributed by atoms with Crippen LogP contribution in [0.4, 0.5) is 5.69 Å². The summed E-state index contributed by atoms with van der Waals surface area (Å²) < 4.78 is 0. The summed E-state index contributed by atoms with van der Waals surface area (Å²) in [4.78, 5) is 4.13. The van der Waals surface area contributed by atoms with Gasteiger partial charge in [-0.25, -0.2) is 0 Å². The molecule has 1 aromatic heterocycles. The van der Waals surface area contributed by atoms with E-state index in [1.165, 1.54) is 27.1 Å². The van der Waals surface area contributed by atoms with Gasteiger partial charge in [-0.15, -0.1) is 0 Å². The van der Waals surface area contributed by atoms with E-state index >= 15 is 0 Å². The van der Waals surface area contributed by atoms with Gasteiger partial charge in [-0.2, -0.15) is 5.10 Å². The lowest BCUT2D eigenvalue weighted by atomic mass is 9.87. The smallest absolute Gasteiger partial charge is 0.109 e. The Morgan fingerprint density at radius 2 is 0.868 bits per heavy atom. The van der Waals surface area contributed by atoms with Crippen LogP contribution in [0.1, 0.15) is 11.1 Å². The zero-order valence-electron chi connectivity index (χ0n) is 28.9. The number of nitrogens with one attached hydrogen (secondary N) is 2. The quantitative estimate of drug-likeness (QED) is 0.130. The largest absolute Gasteiger partial charge is 0.298 e. The summed E-state index contributed by atoms with van der Waals surface area (Å²) >= 11 is 0. The van der Waals surface area contributed by atoms with Gasteiger partial charge >= 0.3 is 0 Å². The molecule has 0 atom stereocenters. The minimum absolute atomic E-state index is 0.362. The third kappa shape index (κ3) is 6.58. The van der Waals surface area contributed by atoms with Gasteiger partial charge in [-0.3, -0.25) is 15.8 Å². The maximum Gasteiger partial charge on any atom is 0.109 e. The number of hydrogen-bond acceptors (Lipinski definition) is 4. The monoisotopic (exact) mass is 678 g/mol. The van der Waals surface area contributed by atoms with Gasteiger partial charge in [0, 0.05) is 18.0 Å². The van der Waals surface area contributed by atoms with E-state index in [0.29, 0.717) is 11.4 Å². The fourth-order valence-corrected chi connectivity index (χ4v) is 6.95. The van der Waals surface area contributed by atoms with Crippen molar-refractivity contribution in [1.29, 1.82) is 5.41 Å². The molecule has 2 N–H and O–H groups in total. The highest BCUT2D eigenvalue weighted by Crippen LogP contribution is 2.33. The summed E-state index contributed by atoms with van der Waals surface area (Å²) in [5.41, 5.74) is 15.7. The first-order chi connectivity index (χ1) is 26.1. The molecule has 0 radical (unpaired) electrons. The van der Waals surface area contributed by atoms with Gasteiger partial charge < -0.3 is 0 Å². The number of hydrogen-bond donors (Lipinski definition) is 2. The highest BCUT2D eigenvalue weighted by molar-refractivity contribution is 6.62. The van der Waals surface area contributed by atoms with Crippen LogP contribution in [0.3, 0.4) is 0 Å². The van der Waals surface area contributed by atoms with Crippen molar-refractivity contribution in [3.05, 3.63) is 206 Å². The SMILES string of the molecule is N=C1C(c2ccc(-c3ccc4ccccc4c3)cc2)=CC(c2ccc(-c3ccc4ccccc4c3)cc2)=C/C1=N/Nc1ccc(-c2ccncc2)cc1. The van der Waals surface area contributed by atoms with Crippen LogP contribution in [0.25, 0.3) is 66.1 Å². The molecule has 1 aliphatic carbocycles. The zero-order chi connectivity index (χ0) is 35.6. The Morgan fingerprint density at radius 1 is 0.415 bits per heavy atom. The van der Waals surface area contributed by atoms with Crippen LogP contribution in [0.15, 0.2) is 200 Å². The van der Waals surface area contributed by atoms with Crippen LogP contribution in [0, 0.1) is 5.41 Å². The van der Waals surface area contributed by atoms with E-state index < -0.39 is 0 Å². The van der Waals surface area contributed by atoms with E-state index in [9.17, 15) is 5.41 Å². The molecule has 4 heteroatoms. The third-order valence-electron chi connectivity index (χ3n) is 9.90. The average Bonchev–Trinajstić information content (AvgIpc) is 3.23. The van der Waals surface area contributed by atoms with Crippen molar-refractivity contribution in [2.45, 2.75) is 0 Å². The molecule has 0 fully saturated rings. The fraction of sp³-hybridized carbons (Fsp3) is 0. The van der Waals surface area contributed by atoms with Gasteiger partial charge in [-0.05, 0) is 120 Å². The van der Waals surface area contributed by atoms with Gasteiger partial charge in [0.05, 0.1) is 11.4 Å². The van der Waals surface area contributed by atoms with Gasteiger partial charge in [0.15, 0.2) is 0 Å². The summed E-state index contributed by atoms with van der Waals surface area (Å²) in [6.07, 6.45) is 7.70. The maximum atomic E-state index is 9.34. The minimum atomic E-state index is 0.362. The summed E-state index contributed by atoms with van der Waals surface area (Å²) in [5, 5.41) is 19.0. The molecule has 8 aromatic rings. The number of nitrogens with zero attached hydrogens (tertiary/aromatic N) is 2. The lowest BCUT2D eigenvalue weighted by Crippen LogP contribution is -2.18. The van der Waals surface area contributed by atoms with Gasteiger partial charge in [0.2, 0.25) is 0 Å². The second kappa shape index (κ2) is 13.9. The molecule has 0 amide bonds. The second-order valence-corrected chi connectivity index (χ2v) is 13.2. The van der Waals surface area contributed by atoms with Crippen molar-refractivity contribution in [3.8, 4) is 33.4 Å². The Bertz CT molecular complexity index is 2720. The Labute approximate surface area is 308 Å². The number of allylic oxidation sites excluding steroid dienone is 4. The molecule has 0 bridgehead atoms. The molecule has 0 saturated heterocycles. The molecule has 4 nitrogen and oxygen atoms in total. The highest BCUT2D eigenvalue weighted by atomic mass is 15.3. The number of pyridine rings is 1. The maximum absolute atomic E-state index is 9.34. The van der Waals surface area contributed by atoms with Crippen molar-refractivity contribution < 1.29 is 0 Å². The van der Waals surface area contributed by atoms with Crippen LogP contribution in [-0.4, -0.2) is 16.4 Å². The number of anilines is 1. The van der Waals surface area contributed by atoms with Gasteiger partial charge in [0.1, 0.15) is 5.71 Å². The molecule has 0 saturated carbocycles. The first-order valence-corrected chi connectivity index (χ1v) is 17.7. The third-order valence-corrected chi connectivity index (χ3v) is 9.90. The average molecular weight is 679 g/mol. The summed E-state index contributed by atoms with van der Waals surface area (Å²) in [5.74, 6) is 0. The number of rotatable bonds is 7. The lowest BCUT2D eigenvalue weighted by molar-refractivity contribution is 1.32. The second-order valence-electron chi connectivity index (χ2n) is 13.2. The van der Waals surface area contributed by atoms with Crippen molar-refractivity contribution >= 4 is 49.8 Å². The summed E-state index contributed by atoms with van der Waals surface area (Å²) in [6.45, 7) is 0. The van der Waals surface area contributed by atoms with E-state index in [4.69, 9.17) is 5.10 Å². The number of fused-ring (bicyclic) bond motifs is 2. The van der Waals surface area contributed by atoms with Crippen molar-refractivity contribution in [3.63, 3.8) is 0 Å². The van der Waals surface area contributed by atoms with Gasteiger partial charge in [0.25, 0.3) is 0 Å². The Morgan fingerprint density at radius 3 is 1.45 bits per heavy atom. The van der Waals surface area contributed by atoms with Crippen molar-refractivity contribution in [2.75, 3.05) is 5.43 Å². The molecular weight excluding hydrogens is 645 g/mol. The van der Waals surface area contributed by atoms with E-state index in [0.717, 1.165) is 55.8 Å². The number of benzene rings is 7. The predicted molar refractivity (Wildman–Crippen MR) is 223 cm³/mol. The highest BCUT2D eigenvalue weighted by Gasteiger charge is 2.20. The molecule has 0 spiro atoms. The Balaban J connectivity index is 1.04. The molecule has 53 heavy (non-hydrogen) atoms. The molecule has 1 aliphatic rings. The van der Waals surface area contributed by atoms with E-state index in [1.54, 1.807) is 12.4 Å². The van der Waals surface area contributed by atoms with Crippen molar-refractivity contribution in [1.82, 2.24) is 4.98 Å². The van der Waals surface area contributed by atoms with Crippen LogP contribution >= 0.6 is 0 Å². The molecule has 250 valence electrons. The molecule has 0 unspecified atom stereocenters. The summed E-state index contributed by atoms with van der Waals surface area (Å²) in [7, 11) is 0. The van der Waals surface area contributed by atoms with E-state index in [1.807, 2.05) is 30.3 Å². The van der Waals surface area contributed by atoms with Crippen LogP contribution in [-0.2, 0) is 0 Å². The molecule has 7 aromatic carbocycles. The number of hydrazone groups is 1. The first kappa shape index (κ1) is 31.8. The van der Waals surface area contributed by atoms with E-state index in [2.05, 4.69) is 162 Å². The Kier molecular flexibility index (Phi) is 8.31. The lowest BCUT2D eigenvalue weighted by Gasteiger charge is -2.18. The van der Waals surface area contributed by atoms with E-state index in [-0.39, 0.29) is 0 Å². The zero-order valence-corrected chi connectivity index (χ0v) is 28.9. The topological polar surface area (TPSA) is 61.1 Å². The normalized spacial score (nSPS) is 13.6. The Hall–Kier alpha value is -7.17. The number of aromatic nitrogens is 1. The summed E-state index contributed by atoms with van der Waals surface area (Å²) in [6, 6.07) is 59.3. The molecular formula is C49H34N4. The van der Waals surface area contributed by atoms with Crippen LogP contribution < -0.4 is 5.43 Å². The first-order valence-electron chi connectivity index (χ1n) is 17.7. The fourth-order valence-electron chi connectivity index (χ4n) is 6.95. The molecule has 1 heterocycles. The standard InChI is InChI=1S/C49H34N4/c50-49-47(40-17-13-37(14-18-40)44-20-16-34-6-2-4-8-42(34)30-44)31-45(32-48(49)53-52-46-23-21-35(22-24-46)39-25-27-51-28-26-39)38-11-9-36(10-12-38)43-19-15-33-5-1-3-7-41(33)29-43/h1-32,50,52H/b50-49?,53-48-. The minimum Gasteiger partial charge on any atom is -0.298 e. The van der Waals surface area contributed by atoms with Gasteiger partial charge in [-0.1, -0.05) is 133 Å². The van der Waals surface area contributed by atoms with Crippen LogP contribution in [0.2, 0.25) is 0 Å². The molecule has 0 aliphatic heterocycles. The predicted octanol–water partition coefficient (Wildman–Crippen LogP) is 12.4. The van der Waals surface area contributed by atoms with Crippen LogP contribution in [0.5, 0.6) is 0 Å².